The molecular formula is C5H10NNa2O5P. The van der Waals surface area contributed by atoms with Gasteiger partial charge in [0.2, 0.25) is 5.91 Å². The quantitative estimate of drug-likeness (QED) is 0.228. The van der Waals surface area contributed by atoms with Gasteiger partial charge in [0, 0.05) is 13.5 Å². The molecule has 0 bridgehead atoms. The van der Waals surface area contributed by atoms with E-state index in [1.54, 1.807) is 0 Å². The van der Waals surface area contributed by atoms with Gasteiger partial charge in [0.25, 0.3) is 0 Å². The molecule has 0 aromatic carbocycles. The van der Waals surface area contributed by atoms with Crippen molar-refractivity contribution < 1.29 is 83.5 Å². The van der Waals surface area contributed by atoms with Crippen LogP contribution in [-0.2, 0) is 9.36 Å². The van der Waals surface area contributed by atoms with E-state index in [0.29, 0.717) is 5.06 Å². The summed E-state index contributed by atoms with van der Waals surface area (Å²) in [6.07, 6.45) is -0.586. The van der Waals surface area contributed by atoms with E-state index in [0.717, 1.165) is 6.92 Å². The van der Waals surface area contributed by atoms with Crippen LogP contribution in [0, 0.1) is 0 Å². The molecule has 72 valence electrons. The van der Waals surface area contributed by atoms with Crippen LogP contribution >= 0.6 is 7.60 Å². The molecular weight excluding hydrogens is 231 g/mol. The van der Waals surface area contributed by atoms with Crippen LogP contribution in [0.3, 0.4) is 0 Å². The molecule has 0 aliphatic carbocycles. The molecule has 9 heteroatoms. The summed E-state index contributed by atoms with van der Waals surface area (Å²) >= 11 is 0. The number of carbonyl (C=O) groups is 1. The zero-order chi connectivity index (χ0) is 9.78. The topological polar surface area (TPSA) is 104 Å². The molecule has 0 aliphatic rings. The Hall–Kier alpha value is 1.58. The second-order valence-corrected chi connectivity index (χ2v) is 4.00. The SMILES string of the molecule is CC(=O)N(O)CCCP(=O)([O-])[O-].[Na+].[Na+]. The summed E-state index contributed by atoms with van der Waals surface area (Å²) in [6, 6.07) is 0. The smallest absolute Gasteiger partial charge is 0.811 e. The molecule has 6 nitrogen and oxygen atoms in total. The number of amides is 1. The van der Waals surface area contributed by atoms with Gasteiger partial charge in [-0.3, -0.25) is 10.0 Å². The van der Waals surface area contributed by atoms with E-state index in [-0.39, 0.29) is 72.1 Å². The van der Waals surface area contributed by atoms with Crippen molar-refractivity contribution in [2.45, 2.75) is 13.3 Å². The summed E-state index contributed by atoms with van der Waals surface area (Å²) in [7, 11) is -4.50. The van der Waals surface area contributed by atoms with E-state index in [9.17, 15) is 19.1 Å². The Labute approximate surface area is 127 Å². The Bertz CT molecular complexity index is 208. The van der Waals surface area contributed by atoms with E-state index in [1.807, 2.05) is 0 Å². The van der Waals surface area contributed by atoms with Crippen molar-refractivity contribution in [2.75, 3.05) is 12.7 Å². The van der Waals surface area contributed by atoms with Crippen LogP contribution < -0.4 is 68.9 Å². The molecule has 1 amide bonds. The van der Waals surface area contributed by atoms with E-state index in [1.165, 1.54) is 0 Å². The molecule has 0 radical (unpaired) electrons. The van der Waals surface area contributed by atoms with Crippen LogP contribution in [0.25, 0.3) is 0 Å². The molecule has 14 heavy (non-hydrogen) atoms. The van der Waals surface area contributed by atoms with Crippen molar-refractivity contribution in [1.29, 1.82) is 0 Å². The van der Waals surface area contributed by atoms with Gasteiger partial charge in [0.05, 0.1) is 0 Å². The fourth-order valence-electron chi connectivity index (χ4n) is 0.572. The van der Waals surface area contributed by atoms with Crippen LogP contribution in [0.2, 0.25) is 0 Å². The number of hydrogen-bond acceptors (Lipinski definition) is 5. The Morgan fingerprint density at radius 2 is 1.86 bits per heavy atom. The fourth-order valence-corrected chi connectivity index (χ4v) is 1.10. The summed E-state index contributed by atoms with van der Waals surface area (Å²) in [5.74, 6) is -0.582. The minimum Gasteiger partial charge on any atom is -0.811 e. The summed E-state index contributed by atoms with van der Waals surface area (Å²) in [5, 5.41) is 9.08. The van der Waals surface area contributed by atoms with Crippen LogP contribution in [0.4, 0.5) is 0 Å². The van der Waals surface area contributed by atoms with Crippen molar-refractivity contribution in [3.05, 3.63) is 0 Å². The maximum Gasteiger partial charge on any atom is 1.00 e. The van der Waals surface area contributed by atoms with Gasteiger partial charge < -0.3 is 14.4 Å². The molecule has 0 saturated heterocycles. The first-order valence-electron chi connectivity index (χ1n) is 3.31. The Morgan fingerprint density at radius 3 is 2.14 bits per heavy atom. The van der Waals surface area contributed by atoms with E-state index in [2.05, 4.69) is 0 Å². The largest absolute Gasteiger partial charge is 1.00 e. The van der Waals surface area contributed by atoms with Gasteiger partial charge in [-0.25, -0.2) is 5.06 Å². The number of nitrogens with zero attached hydrogens (tertiary/aromatic N) is 1. The van der Waals surface area contributed by atoms with Crippen molar-refractivity contribution in [2.24, 2.45) is 0 Å². The minimum absolute atomic E-state index is 0. The molecule has 1 N–H and O–H groups in total. The molecule has 0 unspecified atom stereocenters. The number of rotatable bonds is 4. The maximum atomic E-state index is 10.3. The van der Waals surface area contributed by atoms with Crippen LogP contribution in [0.15, 0.2) is 0 Å². The maximum absolute atomic E-state index is 10.3. The van der Waals surface area contributed by atoms with Gasteiger partial charge in [0.15, 0.2) is 0 Å². The molecule has 0 saturated carbocycles. The van der Waals surface area contributed by atoms with Crippen molar-refractivity contribution >= 4 is 13.5 Å². The predicted molar refractivity (Wildman–Crippen MR) is 36.3 cm³/mol. The third-order valence-electron chi connectivity index (χ3n) is 1.17. The van der Waals surface area contributed by atoms with E-state index in [4.69, 9.17) is 5.21 Å². The minimum atomic E-state index is -4.50. The number of hydroxylamine groups is 2. The molecule has 0 heterocycles. The summed E-state index contributed by atoms with van der Waals surface area (Å²) in [6.45, 7) is 0.998. The van der Waals surface area contributed by atoms with Crippen LogP contribution in [0.1, 0.15) is 13.3 Å². The molecule has 0 aromatic rings. The Kier molecular flexibility index (Phi) is 14.6. The van der Waals surface area contributed by atoms with Gasteiger partial charge in [-0.15, -0.1) is 0 Å². The van der Waals surface area contributed by atoms with Crippen LogP contribution in [-0.4, -0.2) is 28.9 Å². The molecule has 0 fully saturated rings. The summed E-state index contributed by atoms with van der Waals surface area (Å²) < 4.78 is 10.1. The standard InChI is InChI=1S/C5H12NO5P.2Na/c1-5(7)6(8)3-2-4-12(9,10)11;;/h8H,2-4H2,1H3,(H2,9,10,11);;/q;2*+1/p-2. The number of hydrogen-bond donors (Lipinski definition) is 1. The van der Waals surface area contributed by atoms with E-state index >= 15 is 0 Å². The average Bonchev–Trinajstić information content (AvgIpc) is 1.84. The van der Waals surface area contributed by atoms with Crippen molar-refractivity contribution in [3.63, 3.8) is 0 Å². The summed E-state index contributed by atoms with van der Waals surface area (Å²) in [5.41, 5.74) is 0. The normalized spacial score (nSPS) is 9.71. The van der Waals surface area contributed by atoms with Gasteiger partial charge in [-0.05, 0) is 12.6 Å². The predicted octanol–water partition coefficient (Wildman–Crippen LogP) is -7.46. The molecule has 0 spiro atoms. The van der Waals surface area contributed by atoms with Gasteiger partial charge in [-0.1, -0.05) is 7.60 Å². The third-order valence-corrected chi connectivity index (χ3v) is 2.03. The second kappa shape index (κ2) is 9.78. The van der Waals surface area contributed by atoms with Gasteiger partial charge in [-0.2, -0.15) is 0 Å². The van der Waals surface area contributed by atoms with Gasteiger partial charge >= 0.3 is 59.1 Å². The first-order valence-corrected chi connectivity index (χ1v) is 5.04. The van der Waals surface area contributed by atoms with Crippen molar-refractivity contribution in [1.82, 2.24) is 5.06 Å². The average molecular weight is 241 g/mol. The molecule has 0 rings (SSSR count). The van der Waals surface area contributed by atoms with E-state index < -0.39 is 19.7 Å². The monoisotopic (exact) mass is 241 g/mol. The van der Waals surface area contributed by atoms with Gasteiger partial charge in [0.1, 0.15) is 0 Å². The first-order chi connectivity index (χ1) is 5.33. The van der Waals surface area contributed by atoms with Crippen molar-refractivity contribution in [3.8, 4) is 0 Å². The molecule has 0 aliphatic heterocycles. The molecule has 0 aromatic heterocycles. The number of carbonyl (C=O) groups excluding carboxylic acids is 1. The zero-order valence-corrected chi connectivity index (χ0v) is 13.5. The fraction of sp³-hybridized carbons (Fsp3) is 0.800. The van der Waals surface area contributed by atoms with Crippen LogP contribution in [0.5, 0.6) is 0 Å². The molecule has 0 atom stereocenters. The third kappa shape index (κ3) is 13.6. The zero-order valence-electron chi connectivity index (χ0n) is 8.60. The Balaban J connectivity index is -0.000000605. The first kappa shape index (κ1) is 20.9. The summed E-state index contributed by atoms with van der Waals surface area (Å²) in [4.78, 5) is 30.5. The Morgan fingerprint density at radius 1 is 1.43 bits per heavy atom. The second-order valence-electron chi connectivity index (χ2n) is 2.33.